The maximum Gasteiger partial charge on any atom is 0.191 e. The maximum atomic E-state index is 5.41. The topological polar surface area (TPSA) is 48.9 Å². The van der Waals surface area contributed by atoms with Crippen LogP contribution >= 0.6 is 0 Å². The van der Waals surface area contributed by atoms with E-state index < -0.39 is 0 Å². The smallest absolute Gasteiger partial charge is 0.191 e. The zero-order valence-electron chi connectivity index (χ0n) is 16.8. The molecule has 5 heteroatoms. The second-order valence-electron chi connectivity index (χ2n) is 7.13. The van der Waals surface area contributed by atoms with Gasteiger partial charge in [-0.1, -0.05) is 60.7 Å². The van der Waals surface area contributed by atoms with Gasteiger partial charge in [0.15, 0.2) is 5.96 Å². The van der Waals surface area contributed by atoms with Gasteiger partial charge in [0.2, 0.25) is 0 Å². The third-order valence-electron chi connectivity index (χ3n) is 5.16. The van der Waals surface area contributed by atoms with Gasteiger partial charge in [-0.05, 0) is 17.5 Å². The first-order valence-electron chi connectivity index (χ1n) is 10.2. The predicted molar refractivity (Wildman–Crippen MR) is 116 cm³/mol. The first-order chi connectivity index (χ1) is 13.8. The molecule has 1 aliphatic rings. The molecule has 2 aromatic rings. The van der Waals surface area contributed by atoms with E-state index in [0.29, 0.717) is 5.92 Å². The number of aliphatic imine (C=N–C) groups is 1. The summed E-state index contributed by atoms with van der Waals surface area (Å²) in [5, 5.41) is 6.97. The maximum absolute atomic E-state index is 5.41. The minimum Gasteiger partial charge on any atom is -0.379 e. The molecule has 0 bridgehead atoms. The molecule has 0 aliphatic carbocycles. The third kappa shape index (κ3) is 6.66. The van der Waals surface area contributed by atoms with Gasteiger partial charge >= 0.3 is 0 Å². The van der Waals surface area contributed by atoms with Crippen LogP contribution in [0.2, 0.25) is 0 Å². The Labute approximate surface area is 168 Å². The van der Waals surface area contributed by atoms with Crippen LogP contribution in [-0.4, -0.2) is 63.8 Å². The molecule has 1 saturated heterocycles. The van der Waals surface area contributed by atoms with Crippen LogP contribution in [0.3, 0.4) is 0 Å². The lowest BCUT2D eigenvalue weighted by Crippen LogP contribution is -2.45. The number of morpholine rings is 1. The van der Waals surface area contributed by atoms with Crippen molar-refractivity contribution in [3.8, 4) is 0 Å². The highest BCUT2D eigenvalue weighted by atomic mass is 16.5. The molecule has 0 aromatic heterocycles. The number of hydrogen-bond donors (Lipinski definition) is 2. The van der Waals surface area contributed by atoms with E-state index in [9.17, 15) is 0 Å². The molecule has 0 saturated carbocycles. The van der Waals surface area contributed by atoms with Crippen molar-refractivity contribution in [2.75, 3.05) is 53.0 Å². The Morgan fingerprint density at radius 2 is 1.68 bits per heavy atom. The number of guanidine groups is 1. The van der Waals surface area contributed by atoms with Crippen LogP contribution in [-0.2, 0) is 11.2 Å². The Morgan fingerprint density at radius 3 is 2.36 bits per heavy atom. The summed E-state index contributed by atoms with van der Waals surface area (Å²) in [4.78, 5) is 6.82. The van der Waals surface area contributed by atoms with Crippen LogP contribution < -0.4 is 10.6 Å². The van der Waals surface area contributed by atoms with Crippen LogP contribution in [0.4, 0.5) is 0 Å². The summed E-state index contributed by atoms with van der Waals surface area (Å²) in [6.07, 6.45) is 1.00. The van der Waals surface area contributed by atoms with Crippen LogP contribution in [0.5, 0.6) is 0 Å². The molecule has 1 unspecified atom stereocenters. The van der Waals surface area contributed by atoms with Crippen molar-refractivity contribution in [3.63, 3.8) is 0 Å². The number of hydrogen-bond acceptors (Lipinski definition) is 3. The predicted octanol–water partition coefficient (Wildman–Crippen LogP) is 2.51. The van der Waals surface area contributed by atoms with Gasteiger partial charge in [-0.15, -0.1) is 0 Å². The summed E-state index contributed by atoms with van der Waals surface area (Å²) in [5.74, 6) is 1.25. The van der Waals surface area contributed by atoms with Gasteiger partial charge in [0.05, 0.1) is 13.2 Å². The Morgan fingerprint density at radius 1 is 1.00 bits per heavy atom. The third-order valence-corrected chi connectivity index (χ3v) is 5.16. The molecular formula is C23H32N4O. The Kier molecular flexibility index (Phi) is 8.34. The van der Waals surface area contributed by atoms with Crippen molar-refractivity contribution >= 4 is 5.96 Å². The first-order valence-corrected chi connectivity index (χ1v) is 10.2. The van der Waals surface area contributed by atoms with E-state index in [0.717, 1.165) is 58.3 Å². The van der Waals surface area contributed by atoms with Crippen molar-refractivity contribution in [1.29, 1.82) is 0 Å². The molecule has 1 aliphatic heterocycles. The van der Waals surface area contributed by atoms with E-state index in [-0.39, 0.29) is 0 Å². The van der Waals surface area contributed by atoms with Crippen molar-refractivity contribution < 1.29 is 4.74 Å². The lowest BCUT2D eigenvalue weighted by atomic mass is 9.92. The number of ether oxygens (including phenoxy) is 1. The first kappa shape index (κ1) is 20.4. The minimum atomic E-state index is 0.390. The fourth-order valence-corrected chi connectivity index (χ4v) is 3.53. The van der Waals surface area contributed by atoms with Crippen LogP contribution in [0.15, 0.2) is 65.7 Å². The molecule has 1 atom stereocenters. The van der Waals surface area contributed by atoms with Gasteiger partial charge in [-0.3, -0.25) is 9.89 Å². The van der Waals surface area contributed by atoms with Gasteiger partial charge in [0.1, 0.15) is 0 Å². The summed E-state index contributed by atoms with van der Waals surface area (Å²) >= 11 is 0. The van der Waals surface area contributed by atoms with Crippen molar-refractivity contribution in [2.45, 2.75) is 12.3 Å². The molecule has 0 amide bonds. The summed E-state index contributed by atoms with van der Waals surface area (Å²) in [7, 11) is 1.83. The minimum absolute atomic E-state index is 0.390. The molecule has 5 nitrogen and oxygen atoms in total. The molecule has 150 valence electrons. The highest BCUT2D eigenvalue weighted by molar-refractivity contribution is 5.79. The van der Waals surface area contributed by atoms with Gasteiger partial charge in [-0.2, -0.15) is 0 Å². The van der Waals surface area contributed by atoms with E-state index in [2.05, 4.69) is 81.2 Å². The molecule has 3 rings (SSSR count). The van der Waals surface area contributed by atoms with Crippen LogP contribution in [0.1, 0.15) is 17.0 Å². The molecule has 0 radical (unpaired) electrons. The van der Waals surface area contributed by atoms with Gasteiger partial charge in [-0.25, -0.2) is 0 Å². The lowest BCUT2D eigenvalue weighted by molar-refractivity contribution is 0.0389. The van der Waals surface area contributed by atoms with E-state index in [1.165, 1.54) is 11.1 Å². The summed E-state index contributed by atoms with van der Waals surface area (Å²) < 4.78 is 5.41. The average molecular weight is 381 g/mol. The quantitative estimate of drug-likeness (QED) is 0.546. The monoisotopic (exact) mass is 380 g/mol. The second-order valence-corrected chi connectivity index (χ2v) is 7.13. The number of benzene rings is 2. The number of nitrogens with one attached hydrogen (secondary N) is 2. The lowest BCUT2D eigenvalue weighted by Gasteiger charge is -2.27. The zero-order valence-corrected chi connectivity index (χ0v) is 16.8. The molecule has 28 heavy (non-hydrogen) atoms. The summed E-state index contributed by atoms with van der Waals surface area (Å²) in [6.45, 7) is 6.44. The molecular weight excluding hydrogens is 348 g/mol. The number of nitrogens with zero attached hydrogens (tertiary/aromatic N) is 2. The van der Waals surface area contributed by atoms with Gasteiger partial charge in [0.25, 0.3) is 0 Å². The summed E-state index contributed by atoms with van der Waals surface area (Å²) in [6, 6.07) is 21.4. The molecule has 1 heterocycles. The van der Waals surface area contributed by atoms with Crippen molar-refractivity contribution in [1.82, 2.24) is 15.5 Å². The van der Waals surface area contributed by atoms with E-state index in [1.807, 2.05) is 7.05 Å². The van der Waals surface area contributed by atoms with Crippen molar-refractivity contribution in [2.24, 2.45) is 4.99 Å². The highest BCUT2D eigenvalue weighted by Gasteiger charge is 2.14. The Hall–Kier alpha value is -2.37. The molecule has 2 aromatic carbocycles. The Bertz CT molecular complexity index is 699. The van der Waals surface area contributed by atoms with Crippen LogP contribution in [0.25, 0.3) is 0 Å². The Balaban J connectivity index is 1.52. The fourth-order valence-electron chi connectivity index (χ4n) is 3.53. The normalized spacial score (nSPS) is 16.5. The second kappa shape index (κ2) is 11.5. The van der Waals surface area contributed by atoms with Gasteiger partial charge < -0.3 is 15.4 Å². The van der Waals surface area contributed by atoms with E-state index in [4.69, 9.17) is 4.74 Å². The average Bonchev–Trinajstić information content (AvgIpc) is 2.77. The van der Waals surface area contributed by atoms with Gasteiger partial charge in [0, 0.05) is 45.7 Å². The molecule has 1 fully saturated rings. The zero-order chi connectivity index (χ0) is 19.4. The molecule has 0 spiro atoms. The highest BCUT2D eigenvalue weighted by Crippen LogP contribution is 2.20. The van der Waals surface area contributed by atoms with Crippen LogP contribution in [0, 0.1) is 0 Å². The summed E-state index contributed by atoms with van der Waals surface area (Å²) in [5.41, 5.74) is 2.70. The standard InChI is InChI=1S/C23H32N4O/c1-24-23(25-12-13-27-14-16-28-17-15-27)26-19-22(21-10-6-3-7-11-21)18-20-8-4-2-5-9-20/h2-11,22H,12-19H2,1H3,(H2,24,25,26). The number of rotatable bonds is 8. The van der Waals surface area contributed by atoms with E-state index in [1.54, 1.807) is 0 Å². The fraction of sp³-hybridized carbons (Fsp3) is 0.435. The molecule has 2 N–H and O–H groups in total. The largest absolute Gasteiger partial charge is 0.379 e. The van der Waals surface area contributed by atoms with E-state index >= 15 is 0 Å². The van der Waals surface area contributed by atoms with Crippen molar-refractivity contribution in [3.05, 3.63) is 71.8 Å². The SMILES string of the molecule is CN=C(NCCN1CCOCC1)NCC(Cc1ccccc1)c1ccccc1.